The highest BCUT2D eigenvalue weighted by Crippen LogP contribution is 2.24. The molecule has 0 aromatic carbocycles. The van der Waals surface area contributed by atoms with Crippen LogP contribution in [0.4, 0.5) is 0 Å². The number of primary amides is 1. The Bertz CT molecular complexity index is 332. The van der Waals surface area contributed by atoms with Gasteiger partial charge in [-0.2, -0.15) is 0 Å². The molecule has 116 valence electrons. The van der Waals surface area contributed by atoms with Gasteiger partial charge in [0, 0.05) is 19.1 Å². The average Bonchev–Trinajstić information content (AvgIpc) is 3.19. The molecule has 0 bridgehead atoms. The maximum Gasteiger partial charge on any atom is 0.237 e. The Balaban J connectivity index is 1.73. The van der Waals surface area contributed by atoms with Gasteiger partial charge in [-0.3, -0.25) is 4.79 Å². The van der Waals surface area contributed by atoms with E-state index in [4.69, 9.17) is 5.73 Å². The summed E-state index contributed by atoms with van der Waals surface area (Å²) in [6.45, 7) is 7.69. The van der Waals surface area contributed by atoms with Gasteiger partial charge in [0.2, 0.25) is 5.91 Å². The molecule has 1 aliphatic carbocycles. The van der Waals surface area contributed by atoms with Crippen molar-refractivity contribution in [3.63, 3.8) is 0 Å². The van der Waals surface area contributed by atoms with Crippen molar-refractivity contribution in [1.29, 1.82) is 0 Å². The third kappa shape index (κ3) is 4.72. The van der Waals surface area contributed by atoms with E-state index in [-0.39, 0.29) is 5.91 Å². The number of hydrogen-bond acceptors (Lipinski definition) is 4. The number of carbonyl (C=O) groups is 1. The molecule has 2 rings (SSSR count). The van der Waals surface area contributed by atoms with Gasteiger partial charge in [-0.25, -0.2) is 0 Å². The maximum absolute atomic E-state index is 11.7. The molecular weight excluding hydrogens is 252 g/mol. The molecule has 0 spiro atoms. The molecule has 20 heavy (non-hydrogen) atoms. The molecule has 1 heterocycles. The minimum atomic E-state index is -0.524. The van der Waals surface area contributed by atoms with E-state index in [1.807, 2.05) is 6.92 Å². The largest absolute Gasteiger partial charge is 0.368 e. The Morgan fingerprint density at radius 3 is 2.70 bits per heavy atom. The van der Waals surface area contributed by atoms with E-state index in [0.717, 1.165) is 32.5 Å². The number of likely N-dealkylation sites (N-methyl/N-ethyl adjacent to an activating group) is 1. The summed E-state index contributed by atoms with van der Waals surface area (Å²) >= 11 is 0. The van der Waals surface area contributed by atoms with Crippen LogP contribution in [0.15, 0.2) is 0 Å². The summed E-state index contributed by atoms with van der Waals surface area (Å²) in [5.74, 6) is -0.208. The van der Waals surface area contributed by atoms with E-state index in [2.05, 4.69) is 22.2 Å². The molecule has 1 amide bonds. The van der Waals surface area contributed by atoms with Gasteiger partial charge < -0.3 is 20.9 Å². The molecule has 1 aliphatic heterocycles. The second-order valence-corrected chi connectivity index (χ2v) is 6.72. The molecule has 1 saturated carbocycles. The number of carbonyl (C=O) groups excluding carboxylic acids is 1. The smallest absolute Gasteiger partial charge is 0.237 e. The van der Waals surface area contributed by atoms with E-state index in [0.29, 0.717) is 6.04 Å². The summed E-state index contributed by atoms with van der Waals surface area (Å²) in [6.07, 6.45) is 5.47. The summed E-state index contributed by atoms with van der Waals surface area (Å²) in [4.78, 5) is 16.6. The first-order chi connectivity index (χ1) is 9.49. The lowest BCUT2D eigenvalue weighted by Gasteiger charge is -2.29. The minimum Gasteiger partial charge on any atom is -0.368 e. The van der Waals surface area contributed by atoms with E-state index in [9.17, 15) is 4.79 Å². The average molecular weight is 282 g/mol. The molecule has 0 radical (unpaired) electrons. The maximum atomic E-state index is 11.7. The van der Waals surface area contributed by atoms with Crippen molar-refractivity contribution in [3.8, 4) is 0 Å². The quantitative estimate of drug-likeness (QED) is 0.709. The Kier molecular flexibility index (Phi) is 5.41. The first kappa shape index (κ1) is 15.7. The second kappa shape index (κ2) is 6.87. The van der Waals surface area contributed by atoms with Crippen LogP contribution in [0.5, 0.6) is 0 Å². The predicted molar refractivity (Wildman–Crippen MR) is 81.5 cm³/mol. The van der Waals surface area contributed by atoms with Crippen LogP contribution in [-0.4, -0.2) is 67.1 Å². The van der Waals surface area contributed by atoms with Crippen LogP contribution in [0.1, 0.15) is 39.0 Å². The van der Waals surface area contributed by atoms with Crippen molar-refractivity contribution in [2.24, 2.45) is 5.73 Å². The Morgan fingerprint density at radius 1 is 1.30 bits per heavy atom. The normalized spacial score (nSPS) is 25.1. The second-order valence-electron chi connectivity index (χ2n) is 6.72. The first-order valence-electron chi connectivity index (χ1n) is 7.98. The molecule has 1 unspecified atom stereocenters. The van der Waals surface area contributed by atoms with Crippen molar-refractivity contribution in [2.75, 3.05) is 39.8 Å². The molecular formula is C15H30N4O. The summed E-state index contributed by atoms with van der Waals surface area (Å²) in [6, 6.07) is 0.513. The lowest BCUT2D eigenvalue weighted by molar-refractivity contribution is -0.124. The van der Waals surface area contributed by atoms with Gasteiger partial charge in [-0.05, 0) is 65.7 Å². The topological polar surface area (TPSA) is 61.6 Å². The summed E-state index contributed by atoms with van der Waals surface area (Å²) in [7, 11) is 2.19. The molecule has 2 fully saturated rings. The Hall–Kier alpha value is -0.650. The number of hydrogen-bond donors (Lipinski definition) is 2. The molecule has 1 atom stereocenters. The number of nitrogens with one attached hydrogen (secondary N) is 1. The highest BCUT2D eigenvalue weighted by Gasteiger charge is 2.36. The molecule has 1 saturated heterocycles. The molecule has 5 heteroatoms. The fourth-order valence-electron chi connectivity index (χ4n) is 2.92. The van der Waals surface area contributed by atoms with E-state index in [1.165, 1.54) is 32.4 Å². The van der Waals surface area contributed by atoms with Crippen LogP contribution >= 0.6 is 0 Å². The van der Waals surface area contributed by atoms with Gasteiger partial charge in [0.05, 0.1) is 5.54 Å². The van der Waals surface area contributed by atoms with Crippen LogP contribution in [0.25, 0.3) is 0 Å². The zero-order chi connectivity index (χ0) is 14.6. The van der Waals surface area contributed by atoms with Gasteiger partial charge >= 0.3 is 0 Å². The number of nitrogens with two attached hydrogens (primary N) is 1. The van der Waals surface area contributed by atoms with Gasteiger partial charge in [0.15, 0.2) is 0 Å². The van der Waals surface area contributed by atoms with Crippen molar-refractivity contribution in [3.05, 3.63) is 0 Å². The third-order valence-corrected chi connectivity index (χ3v) is 4.61. The van der Waals surface area contributed by atoms with Crippen molar-refractivity contribution in [1.82, 2.24) is 15.1 Å². The van der Waals surface area contributed by atoms with Crippen LogP contribution in [0.3, 0.4) is 0 Å². The van der Waals surface area contributed by atoms with Gasteiger partial charge in [-0.1, -0.05) is 0 Å². The Morgan fingerprint density at radius 2 is 2.05 bits per heavy atom. The van der Waals surface area contributed by atoms with Crippen molar-refractivity contribution >= 4 is 5.91 Å². The fourth-order valence-corrected chi connectivity index (χ4v) is 2.92. The highest BCUT2D eigenvalue weighted by molar-refractivity contribution is 5.84. The van der Waals surface area contributed by atoms with E-state index >= 15 is 0 Å². The predicted octanol–water partition coefficient (Wildman–Crippen LogP) is 0.400. The lowest BCUT2D eigenvalue weighted by Crippen LogP contribution is -2.54. The minimum absolute atomic E-state index is 0.208. The standard InChI is InChI=1S/C15H30N4O/c1-15(14(16)20,17-13-5-6-13)7-3-9-19-10-4-8-18(2)11-12-19/h13,17H,3-12H2,1-2H3,(H2,16,20). The summed E-state index contributed by atoms with van der Waals surface area (Å²) in [5, 5.41) is 3.42. The molecule has 5 nitrogen and oxygen atoms in total. The van der Waals surface area contributed by atoms with E-state index in [1.54, 1.807) is 0 Å². The molecule has 3 N–H and O–H groups in total. The number of nitrogens with zero attached hydrogens (tertiary/aromatic N) is 2. The third-order valence-electron chi connectivity index (χ3n) is 4.61. The van der Waals surface area contributed by atoms with Gasteiger partial charge in [0.25, 0.3) is 0 Å². The summed E-state index contributed by atoms with van der Waals surface area (Å²) in [5.41, 5.74) is 5.06. The van der Waals surface area contributed by atoms with Crippen LogP contribution in [-0.2, 0) is 4.79 Å². The van der Waals surface area contributed by atoms with Crippen molar-refractivity contribution < 1.29 is 4.79 Å². The van der Waals surface area contributed by atoms with Crippen molar-refractivity contribution in [2.45, 2.75) is 50.6 Å². The van der Waals surface area contributed by atoms with Crippen LogP contribution in [0.2, 0.25) is 0 Å². The summed E-state index contributed by atoms with van der Waals surface area (Å²) < 4.78 is 0. The SMILES string of the molecule is CN1CCCN(CCCC(C)(NC2CC2)C(N)=O)CC1. The van der Waals surface area contributed by atoms with Crippen LogP contribution < -0.4 is 11.1 Å². The highest BCUT2D eigenvalue weighted by atomic mass is 16.1. The molecule has 0 aromatic heterocycles. The molecule has 0 aromatic rings. The zero-order valence-electron chi connectivity index (χ0n) is 13.0. The van der Waals surface area contributed by atoms with Gasteiger partial charge in [0.1, 0.15) is 0 Å². The Labute approximate surface area is 122 Å². The number of amides is 1. The first-order valence-corrected chi connectivity index (χ1v) is 7.98. The zero-order valence-corrected chi connectivity index (χ0v) is 13.0. The lowest BCUT2D eigenvalue weighted by atomic mass is 9.94. The van der Waals surface area contributed by atoms with Crippen LogP contribution in [0, 0.1) is 0 Å². The molecule has 2 aliphatic rings. The monoisotopic (exact) mass is 282 g/mol. The fraction of sp³-hybridized carbons (Fsp3) is 0.933. The van der Waals surface area contributed by atoms with E-state index < -0.39 is 5.54 Å². The number of rotatable bonds is 7. The van der Waals surface area contributed by atoms with Gasteiger partial charge in [-0.15, -0.1) is 0 Å².